The van der Waals surface area contributed by atoms with Crippen molar-refractivity contribution < 1.29 is 9.53 Å². The molecule has 2 aliphatic rings. The highest BCUT2D eigenvalue weighted by Gasteiger charge is 2.25. The van der Waals surface area contributed by atoms with E-state index in [0.717, 1.165) is 80.6 Å². The minimum Gasteiger partial charge on any atom is -0.381 e. The minimum absolute atomic E-state index is 0.133. The van der Waals surface area contributed by atoms with Gasteiger partial charge in [0.15, 0.2) is 0 Å². The molecule has 2 fully saturated rings. The van der Waals surface area contributed by atoms with Gasteiger partial charge in [0.2, 0.25) is 0 Å². The molecule has 34 heavy (non-hydrogen) atoms. The average molecular weight is 523 g/mol. The summed E-state index contributed by atoms with van der Waals surface area (Å²) in [4.78, 5) is 19.0. The van der Waals surface area contributed by atoms with Crippen molar-refractivity contribution in [1.29, 1.82) is 0 Å². The van der Waals surface area contributed by atoms with Crippen molar-refractivity contribution in [3.63, 3.8) is 0 Å². The molecule has 184 valence electrons. The number of hydrogen-bond acceptors (Lipinski definition) is 5. The van der Waals surface area contributed by atoms with E-state index in [0.29, 0.717) is 28.2 Å². The van der Waals surface area contributed by atoms with E-state index in [4.69, 9.17) is 27.9 Å². The summed E-state index contributed by atoms with van der Waals surface area (Å²) >= 11 is 14.5. The number of nitrogens with one attached hydrogen (secondary N) is 1. The third-order valence-corrected chi connectivity index (χ3v) is 8.17. The van der Waals surface area contributed by atoms with Crippen LogP contribution in [0.3, 0.4) is 0 Å². The van der Waals surface area contributed by atoms with Crippen LogP contribution in [-0.4, -0.2) is 66.9 Å². The van der Waals surface area contributed by atoms with Crippen molar-refractivity contribution >= 4 is 40.9 Å². The monoisotopic (exact) mass is 521 g/mol. The third kappa shape index (κ3) is 6.90. The lowest BCUT2D eigenvalue weighted by Crippen LogP contribution is -2.51. The maximum absolute atomic E-state index is 12.8. The Morgan fingerprint density at radius 3 is 2.53 bits per heavy atom. The van der Waals surface area contributed by atoms with Gasteiger partial charge in [-0.2, -0.15) is 0 Å². The molecule has 0 aliphatic carbocycles. The van der Waals surface area contributed by atoms with Crippen LogP contribution >= 0.6 is 35.0 Å². The maximum Gasteiger partial charge on any atom is 0.251 e. The number of benzene rings is 2. The number of nitrogens with zero attached hydrogens (tertiary/aromatic N) is 2. The molecular formula is C26H33Cl2N3O2S. The van der Waals surface area contributed by atoms with Crippen LogP contribution in [-0.2, 0) is 17.8 Å². The van der Waals surface area contributed by atoms with Crippen LogP contribution in [0.4, 0.5) is 0 Å². The third-order valence-electron chi connectivity index (χ3n) is 6.59. The Balaban J connectivity index is 1.30. The zero-order chi connectivity index (χ0) is 23.9. The van der Waals surface area contributed by atoms with Gasteiger partial charge in [-0.3, -0.25) is 14.6 Å². The predicted molar refractivity (Wildman–Crippen MR) is 141 cm³/mol. The minimum atomic E-state index is -0.133. The highest BCUT2D eigenvalue weighted by Crippen LogP contribution is 2.26. The van der Waals surface area contributed by atoms with Crippen molar-refractivity contribution in [2.75, 3.05) is 45.1 Å². The Morgan fingerprint density at radius 1 is 1.06 bits per heavy atom. The standard InChI is InChI=1S/C26H33Cl2N3O2S/c1-2-34-25-6-5-22(27)15-21(25)17-29-26(32)19-3-4-20(24(28)16-19)18-30-9-11-31(12-10-30)23-7-13-33-14-8-23/h3-6,15-16,23H,2,7-14,17-18H2,1H3,(H,29,32). The number of piperazine rings is 1. The van der Waals surface area contributed by atoms with Gasteiger partial charge < -0.3 is 10.1 Å². The summed E-state index contributed by atoms with van der Waals surface area (Å²) in [6.45, 7) is 9.37. The van der Waals surface area contributed by atoms with E-state index in [1.54, 1.807) is 17.8 Å². The van der Waals surface area contributed by atoms with Crippen LogP contribution < -0.4 is 5.32 Å². The fourth-order valence-electron chi connectivity index (χ4n) is 4.65. The van der Waals surface area contributed by atoms with Gasteiger partial charge >= 0.3 is 0 Å². The Bertz CT molecular complexity index is 977. The molecule has 2 saturated heterocycles. The van der Waals surface area contributed by atoms with E-state index in [2.05, 4.69) is 22.0 Å². The van der Waals surface area contributed by atoms with Crippen LogP contribution in [0.5, 0.6) is 0 Å². The van der Waals surface area contributed by atoms with Gasteiger partial charge in [-0.1, -0.05) is 36.2 Å². The van der Waals surface area contributed by atoms with E-state index < -0.39 is 0 Å². The number of amides is 1. The van der Waals surface area contributed by atoms with Crippen LogP contribution in [0.1, 0.15) is 41.3 Å². The Kier molecular flexibility index (Phi) is 9.57. The summed E-state index contributed by atoms with van der Waals surface area (Å²) in [5.74, 6) is 0.829. The molecule has 0 atom stereocenters. The fraction of sp³-hybridized carbons (Fsp3) is 0.500. The lowest BCUT2D eigenvalue weighted by Gasteiger charge is -2.40. The topological polar surface area (TPSA) is 44.8 Å². The van der Waals surface area contributed by atoms with Gasteiger partial charge in [0.05, 0.1) is 0 Å². The zero-order valence-electron chi connectivity index (χ0n) is 19.7. The van der Waals surface area contributed by atoms with Crippen molar-refractivity contribution in [3.8, 4) is 0 Å². The molecule has 0 bridgehead atoms. The van der Waals surface area contributed by atoms with Gasteiger partial charge in [0.25, 0.3) is 5.91 Å². The van der Waals surface area contributed by atoms with Gasteiger partial charge in [0, 0.05) is 79.0 Å². The summed E-state index contributed by atoms with van der Waals surface area (Å²) in [5.41, 5.74) is 2.66. The molecule has 2 heterocycles. The van der Waals surface area contributed by atoms with Crippen LogP contribution in [0.15, 0.2) is 41.3 Å². The SMILES string of the molecule is CCSc1ccc(Cl)cc1CNC(=O)c1ccc(CN2CCN(C3CCOCC3)CC2)c(Cl)c1. The second-order valence-electron chi connectivity index (χ2n) is 8.83. The van der Waals surface area contributed by atoms with Crippen molar-refractivity contribution in [2.45, 2.75) is 43.8 Å². The Hall–Kier alpha value is -1.28. The first-order chi connectivity index (χ1) is 16.5. The van der Waals surface area contributed by atoms with Gasteiger partial charge in [-0.05, 0) is 60.1 Å². The molecule has 0 saturated carbocycles. The molecule has 0 aromatic heterocycles. The predicted octanol–water partition coefficient (Wildman–Crippen LogP) is 5.33. The van der Waals surface area contributed by atoms with E-state index in [1.807, 2.05) is 30.3 Å². The lowest BCUT2D eigenvalue weighted by molar-refractivity contribution is 0.0126. The number of carbonyl (C=O) groups excluding carboxylic acids is 1. The van der Waals surface area contributed by atoms with Gasteiger partial charge in [-0.25, -0.2) is 0 Å². The summed E-state index contributed by atoms with van der Waals surface area (Å²) in [6.07, 6.45) is 2.29. The summed E-state index contributed by atoms with van der Waals surface area (Å²) < 4.78 is 5.50. The van der Waals surface area contributed by atoms with E-state index in [-0.39, 0.29) is 5.91 Å². The van der Waals surface area contributed by atoms with Crippen molar-refractivity contribution in [1.82, 2.24) is 15.1 Å². The first-order valence-corrected chi connectivity index (χ1v) is 13.8. The van der Waals surface area contributed by atoms with Gasteiger partial charge in [0.1, 0.15) is 0 Å². The number of hydrogen-bond donors (Lipinski definition) is 1. The molecule has 1 N–H and O–H groups in total. The lowest BCUT2D eigenvalue weighted by atomic mass is 10.1. The highest BCUT2D eigenvalue weighted by molar-refractivity contribution is 7.99. The fourth-order valence-corrected chi connectivity index (χ4v) is 5.88. The first kappa shape index (κ1) is 25.8. The molecule has 2 aliphatic heterocycles. The number of halogens is 2. The van der Waals surface area contributed by atoms with Crippen LogP contribution in [0.25, 0.3) is 0 Å². The second-order valence-corrected chi connectivity index (χ2v) is 11.0. The quantitative estimate of drug-likeness (QED) is 0.475. The molecule has 2 aromatic rings. The molecular weight excluding hydrogens is 489 g/mol. The molecule has 1 amide bonds. The van der Waals surface area contributed by atoms with Gasteiger partial charge in [-0.15, -0.1) is 11.8 Å². The molecule has 2 aromatic carbocycles. The zero-order valence-corrected chi connectivity index (χ0v) is 22.0. The van der Waals surface area contributed by atoms with Crippen LogP contribution in [0.2, 0.25) is 10.0 Å². The molecule has 0 radical (unpaired) electrons. The van der Waals surface area contributed by atoms with E-state index in [1.165, 1.54) is 0 Å². The van der Waals surface area contributed by atoms with E-state index >= 15 is 0 Å². The number of thioether (sulfide) groups is 1. The summed E-state index contributed by atoms with van der Waals surface area (Å²) in [6, 6.07) is 12.1. The highest BCUT2D eigenvalue weighted by atomic mass is 35.5. The summed E-state index contributed by atoms with van der Waals surface area (Å²) in [5, 5.41) is 4.33. The first-order valence-electron chi connectivity index (χ1n) is 12.1. The van der Waals surface area contributed by atoms with Crippen molar-refractivity contribution in [3.05, 3.63) is 63.1 Å². The van der Waals surface area contributed by atoms with Crippen LogP contribution in [0, 0.1) is 0 Å². The molecule has 8 heteroatoms. The number of rotatable bonds is 8. The largest absolute Gasteiger partial charge is 0.381 e. The average Bonchev–Trinajstić information content (AvgIpc) is 2.86. The summed E-state index contributed by atoms with van der Waals surface area (Å²) in [7, 11) is 0. The number of carbonyl (C=O) groups is 1. The molecule has 5 nitrogen and oxygen atoms in total. The Morgan fingerprint density at radius 2 is 1.82 bits per heavy atom. The second kappa shape index (κ2) is 12.6. The van der Waals surface area contributed by atoms with E-state index in [9.17, 15) is 4.79 Å². The number of ether oxygens (including phenoxy) is 1. The smallest absolute Gasteiger partial charge is 0.251 e. The molecule has 0 spiro atoms. The van der Waals surface area contributed by atoms with Crippen molar-refractivity contribution in [2.24, 2.45) is 0 Å². The maximum atomic E-state index is 12.8. The molecule has 0 unspecified atom stereocenters. The normalized spacial score (nSPS) is 18.2. The molecule has 4 rings (SSSR count). The Labute approximate surface area is 217 Å².